The molecule has 2 amide bonds. The SMILES string of the molecule is CC1C(=O)NC2(CCCCC2)C(=O)N1Cc1ccncn1. The summed E-state index contributed by atoms with van der Waals surface area (Å²) in [6.45, 7) is 2.13. The second kappa shape index (κ2) is 5.42. The standard InChI is InChI=1S/C15H20N4O2/c1-11-13(20)18-15(6-3-2-4-7-15)14(21)19(11)9-12-5-8-16-10-17-12/h5,8,10-11H,2-4,6-7,9H2,1H3,(H,18,20). The van der Waals surface area contributed by atoms with E-state index in [1.807, 2.05) is 0 Å². The van der Waals surface area contributed by atoms with Crippen molar-refractivity contribution >= 4 is 11.8 Å². The Bertz CT molecular complexity index is 540. The minimum atomic E-state index is -0.686. The lowest BCUT2D eigenvalue weighted by Crippen LogP contribution is -2.69. The van der Waals surface area contributed by atoms with E-state index in [0.717, 1.165) is 37.8 Å². The van der Waals surface area contributed by atoms with Gasteiger partial charge in [-0.2, -0.15) is 0 Å². The van der Waals surface area contributed by atoms with Crippen LogP contribution in [-0.2, 0) is 16.1 Å². The number of piperazine rings is 1. The van der Waals surface area contributed by atoms with Gasteiger partial charge < -0.3 is 10.2 Å². The van der Waals surface area contributed by atoms with Crippen LogP contribution in [0.15, 0.2) is 18.6 Å². The Morgan fingerprint density at radius 2 is 2.10 bits per heavy atom. The first-order valence-corrected chi connectivity index (χ1v) is 7.50. The molecular weight excluding hydrogens is 268 g/mol. The summed E-state index contributed by atoms with van der Waals surface area (Å²) < 4.78 is 0. The van der Waals surface area contributed by atoms with E-state index < -0.39 is 11.6 Å². The van der Waals surface area contributed by atoms with Gasteiger partial charge in [0.15, 0.2) is 0 Å². The minimum Gasteiger partial charge on any atom is -0.340 e. The monoisotopic (exact) mass is 288 g/mol. The molecule has 1 aromatic heterocycles. The summed E-state index contributed by atoms with van der Waals surface area (Å²) in [5, 5.41) is 2.98. The predicted molar refractivity (Wildman–Crippen MR) is 76.0 cm³/mol. The summed E-state index contributed by atoms with van der Waals surface area (Å²) in [6.07, 6.45) is 7.70. The van der Waals surface area contributed by atoms with E-state index >= 15 is 0 Å². The molecule has 1 saturated carbocycles. The van der Waals surface area contributed by atoms with E-state index in [2.05, 4.69) is 15.3 Å². The zero-order valence-corrected chi connectivity index (χ0v) is 12.2. The molecule has 1 spiro atoms. The van der Waals surface area contributed by atoms with E-state index in [4.69, 9.17) is 0 Å². The summed E-state index contributed by atoms with van der Waals surface area (Å²) >= 11 is 0. The molecule has 0 radical (unpaired) electrons. The highest BCUT2D eigenvalue weighted by atomic mass is 16.2. The van der Waals surface area contributed by atoms with Crippen LogP contribution in [0, 0.1) is 0 Å². The molecule has 0 bridgehead atoms. The highest BCUT2D eigenvalue weighted by molar-refractivity contribution is 5.99. The second-order valence-electron chi connectivity index (χ2n) is 5.94. The van der Waals surface area contributed by atoms with Gasteiger partial charge in [-0.25, -0.2) is 9.97 Å². The van der Waals surface area contributed by atoms with Gasteiger partial charge in [0.25, 0.3) is 0 Å². The maximum atomic E-state index is 12.9. The summed E-state index contributed by atoms with van der Waals surface area (Å²) in [4.78, 5) is 34.9. The third kappa shape index (κ3) is 2.50. The molecule has 6 heteroatoms. The largest absolute Gasteiger partial charge is 0.340 e. The van der Waals surface area contributed by atoms with E-state index in [9.17, 15) is 9.59 Å². The van der Waals surface area contributed by atoms with E-state index in [1.54, 1.807) is 24.1 Å². The Labute approximate surface area is 124 Å². The third-order valence-electron chi connectivity index (χ3n) is 4.56. The quantitative estimate of drug-likeness (QED) is 0.882. The molecule has 21 heavy (non-hydrogen) atoms. The van der Waals surface area contributed by atoms with Gasteiger partial charge in [-0.05, 0) is 25.8 Å². The normalized spacial score (nSPS) is 25.0. The molecule has 2 aliphatic rings. The van der Waals surface area contributed by atoms with Gasteiger partial charge in [0.2, 0.25) is 11.8 Å². The van der Waals surface area contributed by atoms with Crippen molar-refractivity contribution in [2.24, 2.45) is 0 Å². The van der Waals surface area contributed by atoms with E-state index in [1.165, 1.54) is 6.33 Å². The third-order valence-corrected chi connectivity index (χ3v) is 4.56. The van der Waals surface area contributed by atoms with Crippen molar-refractivity contribution in [2.75, 3.05) is 0 Å². The Morgan fingerprint density at radius 3 is 2.76 bits per heavy atom. The van der Waals surface area contributed by atoms with Gasteiger partial charge in [0, 0.05) is 6.20 Å². The number of hydrogen-bond acceptors (Lipinski definition) is 4. The average Bonchev–Trinajstić information content (AvgIpc) is 2.52. The lowest BCUT2D eigenvalue weighted by Gasteiger charge is -2.46. The zero-order chi connectivity index (χ0) is 14.9. The first-order valence-electron chi connectivity index (χ1n) is 7.50. The molecule has 2 fully saturated rings. The number of aromatic nitrogens is 2. The number of carbonyl (C=O) groups excluding carboxylic acids is 2. The van der Waals surface area contributed by atoms with E-state index in [-0.39, 0.29) is 11.8 Å². The van der Waals surface area contributed by atoms with Crippen LogP contribution in [0.2, 0.25) is 0 Å². The molecule has 2 heterocycles. The second-order valence-corrected chi connectivity index (χ2v) is 5.94. The molecule has 1 saturated heterocycles. The Balaban J connectivity index is 1.86. The fraction of sp³-hybridized carbons (Fsp3) is 0.600. The highest BCUT2D eigenvalue weighted by Crippen LogP contribution is 2.33. The molecule has 1 aliphatic carbocycles. The lowest BCUT2D eigenvalue weighted by molar-refractivity contribution is -0.156. The van der Waals surface area contributed by atoms with Crippen molar-refractivity contribution in [2.45, 2.75) is 57.2 Å². The van der Waals surface area contributed by atoms with Gasteiger partial charge in [0.1, 0.15) is 17.9 Å². The first kappa shape index (κ1) is 14.0. The Hall–Kier alpha value is -1.98. The van der Waals surface area contributed by atoms with Gasteiger partial charge in [-0.1, -0.05) is 19.3 Å². The van der Waals surface area contributed by atoms with Crippen molar-refractivity contribution in [1.82, 2.24) is 20.2 Å². The van der Waals surface area contributed by atoms with Crippen LogP contribution in [0.3, 0.4) is 0 Å². The number of rotatable bonds is 2. The fourth-order valence-corrected chi connectivity index (χ4v) is 3.28. The minimum absolute atomic E-state index is 0.0351. The maximum Gasteiger partial charge on any atom is 0.249 e. The van der Waals surface area contributed by atoms with Gasteiger partial charge >= 0.3 is 0 Å². The van der Waals surface area contributed by atoms with Crippen molar-refractivity contribution in [3.8, 4) is 0 Å². The molecule has 1 aromatic rings. The van der Waals surface area contributed by atoms with Crippen molar-refractivity contribution in [1.29, 1.82) is 0 Å². The van der Waals surface area contributed by atoms with Gasteiger partial charge in [0.05, 0.1) is 12.2 Å². The first-order chi connectivity index (χ1) is 10.1. The highest BCUT2D eigenvalue weighted by Gasteiger charge is 2.49. The van der Waals surface area contributed by atoms with Crippen LogP contribution in [0.25, 0.3) is 0 Å². The van der Waals surface area contributed by atoms with Crippen LogP contribution < -0.4 is 5.32 Å². The zero-order valence-electron chi connectivity index (χ0n) is 12.2. The number of hydrogen-bond donors (Lipinski definition) is 1. The Morgan fingerprint density at radius 1 is 1.33 bits per heavy atom. The predicted octanol–water partition coefficient (Wildman–Crippen LogP) is 1.03. The number of nitrogens with one attached hydrogen (secondary N) is 1. The van der Waals surface area contributed by atoms with Gasteiger partial charge in [-0.15, -0.1) is 0 Å². The van der Waals surface area contributed by atoms with Crippen LogP contribution in [0.1, 0.15) is 44.7 Å². The summed E-state index contributed by atoms with van der Waals surface area (Å²) in [5.74, 6) is -0.0292. The number of carbonyl (C=O) groups is 2. The molecule has 1 atom stereocenters. The van der Waals surface area contributed by atoms with Crippen LogP contribution in [0.5, 0.6) is 0 Å². The summed E-state index contributed by atoms with van der Waals surface area (Å²) in [7, 11) is 0. The molecule has 3 rings (SSSR count). The van der Waals surface area contributed by atoms with E-state index in [0.29, 0.717) is 6.54 Å². The lowest BCUT2D eigenvalue weighted by atomic mass is 9.78. The molecule has 0 aromatic carbocycles. The Kier molecular flexibility index (Phi) is 3.61. The van der Waals surface area contributed by atoms with Crippen LogP contribution in [-0.4, -0.2) is 38.3 Å². The van der Waals surface area contributed by atoms with Crippen LogP contribution >= 0.6 is 0 Å². The fourth-order valence-electron chi connectivity index (χ4n) is 3.28. The summed E-state index contributed by atoms with van der Waals surface area (Å²) in [6, 6.07) is 1.32. The molecule has 1 aliphatic heterocycles. The van der Waals surface area contributed by atoms with Gasteiger partial charge in [-0.3, -0.25) is 9.59 Å². The topological polar surface area (TPSA) is 75.2 Å². The number of nitrogens with zero attached hydrogens (tertiary/aromatic N) is 3. The smallest absolute Gasteiger partial charge is 0.249 e. The molecule has 112 valence electrons. The van der Waals surface area contributed by atoms with Crippen molar-refractivity contribution < 1.29 is 9.59 Å². The summed E-state index contributed by atoms with van der Waals surface area (Å²) in [5.41, 5.74) is 0.0698. The van der Waals surface area contributed by atoms with Crippen molar-refractivity contribution in [3.05, 3.63) is 24.3 Å². The molecule has 1 N–H and O–H groups in total. The average molecular weight is 288 g/mol. The van der Waals surface area contributed by atoms with Crippen molar-refractivity contribution in [3.63, 3.8) is 0 Å². The van der Waals surface area contributed by atoms with Crippen LogP contribution in [0.4, 0.5) is 0 Å². The molecule has 1 unspecified atom stereocenters. The number of amides is 2. The molecular formula is C15H20N4O2. The maximum absolute atomic E-state index is 12.9. The molecule has 6 nitrogen and oxygen atoms in total.